The fourth-order valence-corrected chi connectivity index (χ4v) is 2.37. The zero-order valence-corrected chi connectivity index (χ0v) is 13.8. The van der Waals surface area contributed by atoms with Crippen LogP contribution in [0.1, 0.15) is 27.6 Å². The van der Waals surface area contributed by atoms with Crippen molar-refractivity contribution in [3.05, 3.63) is 53.6 Å². The van der Waals surface area contributed by atoms with Gasteiger partial charge in [-0.1, -0.05) is 0 Å². The minimum atomic E-state index is -0.587. The first-order valence-corrected chi connectivity index (χ1v) is 8.00. The second kappa shape index (κ2) is 7.70. The fourth-order valence-electron chi connectivity index (χ4n) is 2.37. The van der Waals surface area contributed by atoms with Gasteiger partial charge in [0.2, 0.25) is 0 Å². The van der Waals surface area contributed by atoms with Crippen LogP contribution >= 0.6 is 0 Å². The molecule has 0 saturated heterocycles. The SMILES string of the molecule is CCOc1ccc(C(=O)COC(=O)c2ccc3c(c2)OCCO3)cc1. The normalized spacial score (nSPS) is 12.4. The molecule has 0 aromatic heterocycles. The van der Waals surface area contributed by atoms with Gasteiger partial charge in [0, 0.05) is 5.56 Å². The largest absolute Gasteiger partial charge is 0.494 e. The van der Waals surface area contributed by atoms with Crippen LogP contribution in [0.25, 0.3) is 0 Å². The summed E-state index contributed by atoms with van der Waals surface area (Å²) >= 11 is 0. The van der Waals surface area contributed by atoms with Crippen LogP contribution < -0.4 is 14.2 Å². The topological polar surface area (TPSA) is 71.1 Å². The van der Waals surface area contributed by atoms with Gasteiger partial charge in [-0.2, -0.15) is 0 Å². The Kier molecular flexibility index (Phi) is 5.18. The standard InChI is InChI=1S/C19H18O6/c1-2-22-15-6-3-13(4-7-15)16(20)12-25-19(21)14-5-8-17-18(11-14)24-10-9-23-17/h3-8,11H,2,9-10,12H2,1H3. The van der Waals surface area contributed by atoms with Crippen molar-refractivity contribution < 1.29 is 28.5 Å². The highest BCUT2D eigenvalue weighted by Gasteiger charge is 2.17. The van der Waals surface area contributed by atoms with Gasteiger partial charge in [0.05, 0.1) is 12.2 Å². The third-order valence-corrected chi connectivity index (χ3v) is 3.60. The summed E-state index contributed by atoms with van der Waals surface area (Å²) in [7, 11) is 0. The second-order valence-electron chi connectivity index (χ2n) is 5.32. The number of carbonyl (C=O) groups excluding carboxylic acids is 2. The van der Waals surface area contributed by atoms with Crippen LogP contribution in [-0.2, 0) is 4.74 Å². The molecule has 0 spiro atoms. The minimum Gasteiger partial charge on any atom is -0.494 e. The van der Waals surface area contributed by atoms with Crippen LogP contribution in [0.5, 0.6) is 17.2 Å². The Labute approximate surface area is 145 Å². The molecule has 3 rings (SSSR count). The Morgan fingerprint density at radius 1 is 0.960 bits per heavy atom. The first-order valence-electron chi connectivity index (χ1n) is 8.00. The third kappa shape index (κ3) is 4.09. The lowest BCUT2D eigenvalue weighted by Crippen LogP contribution is -2.17. The lowest BCUT2D eigenvalue weighted by atomic mass is 10.1. The van der Waals surface area contributed by atoms with Gasteiger partial charge in [-0.3, -0.25) is 4.79 Å². The molecule has 25 heavy (non-hydrogen) atoms. The van der Waals surface area contributed by atoms with Crippen molar-refractivity contribution in [2.45, 2.75) is 6.92 Å². The molecule has 0 atom stereocenters. The molecular formula is C19H18O6. The number of carbonyl (C=O) groups is 2. The van der Waals surface area contributed by atoms with Gasteiger partial charge in [0.15, 0.2) is 23.9 Å². The van der Waals surface area contributed by atoms with Crippen LogP contribution in [0.15, 0.2) is 42.5 Å². The van der Waals surface area contributed by atoms with Crippen molar-refractivity contribution in [3.63, 3.8) is 0 Å². The van der Waals surface area contributed by atoms with Gasteiger partial charge >= 0.3 is 5.97 Å². The van der Waals surface area contributed by atoms with E-state index >= 15 is 0 Å². The number of fused-ring (bicyclic) bond motifs is 1. The van der Waals surface area contributed by atoms with E-state index in [4.69, 9.17) is 18.9 Å². The summed E-state index contributed by atoms with van der Waals surface area (Å²) in [6.07, 6.45) is 0. The maximum absolute atomic E-state index is 12.1. The van der Waals surface area contributed by atoms with Gasteiger partial charge in [0.1, 0.15) is 19.0 Å². The lowest BCUT2D eigenvalue weighted by molar-refractivity contribution is 0.0474. The Morgan fingerprint density at radius 3 is 2.36 bits per heavy atom. The van der Waals surface area contributed by atoms with E-state index in [1.54, 1.807) is 42.5 Å². The summed E-state index contributed by atoms with van der Waals surface area (Å²) in [6, 6.07) is 11.5. The first kappa shape index (κ1) is 16.8. The molecule has 130 valence electrons. The van der Waals surface area contributed by atoms with E-state index in [-0.39, 0.29) is 12.4 Å². The Hall–Kier alpha value is -3.02. The van der Waals surface area contributed by atoms with E-state index in [0.29, 0.717) is 48.2 Å². The summed E-state index contributed by atoms with van der Waals surface area (Å²) < 4.78 is 21.2. The van der Waals surface area contributed by atoms with E-state index in [2.05, 4.69) is 0 Å². The number of ether oxygens (including phenoxy) is 4. The maximum Gasteiger partial charge on any atom is 0.338 e. The molecule has 6 nitrogen and oxygen atoms in total. The summed E-state index contributed by atoms with van der Waals surface area (Å²) in [6.45, 7) is 3.02. The maximum atomic E-state index is 12.1. The molecule has 0 aliphatic carbocycles. The first-order chi connectivity index (χ1) is 12.2. The molecule has 2 aromatic rings. The highest BCUT2D eigenvalue weighted by atomic mass is 16.6. The Balaban J connectivity index is 1.59. The molecule has 2 aromatic carbocycles. The highest BCUT2D eigenvalue weighted by Crippen LogP contribution is 2.30. The second-order valence-corrected chi connectivity index (χ2v) is 5.32. The summed E-state index contributed by atoms with van der Waals surface area (Å²) in [5.74, 6) is 0.907. The van der Waals surface area contributed by atoms with E-state index in [9.17, 15) is 9.59 Å². The zero-order chi connectivity index (χ0) is 17.6. The van der Waals surface area contributed by atoms with Gasteiger partial charge in [0.25, 0.3) is 0 Å². The average Bonchev–Trinajstić information content (AvgIpc) is 2.66. The number of benzene rings is 2. The van der Waals surface area contributed by atoms with Gasteiger partial charge in [-0.05, 0) is 49.4 Å². The smallest absolute Gasteiger partial charge is 0.338 e. The summed E-state index contributed by atoms with van der Waals surface area (Å²) in [5.41, 5.74) is 0.766. The number of esters is 1. The predicted octanol–water partition coefficient (Wildman–Crippen LogP) is 2.90. The van der Waals surface area contributed by atoms with Crippen molar-refractivity contribution in [2.24, 2.45) is 0 Å². The third-order valence-electron chi connectivity index (χ3n) is 3.60. The number of rotatable bonds is 6. The van der Waals surface area contributed by atoms with Crippen molar-refractivity contribution >= 4 is 11.8 Å². The summed E-state index contributed by atoms with van der Waals surface area (Å²) in [4.78, 5) is 24.2. The molecule has 1 aliphatic rings. The minimum absolute atomic E-state index is 0.283. The van der Waals surface area contributed by atoms with Crippen molar-refractivity contribution in [1.82, 2.24) is 0 Å². The average molecular weight is 342 g/mol. The molecule has 1 aliphatic heterocycles. The number of hydrogen-bond acceptors (Lipinski definition) is 6. The van der Waals surface area contributed by atoms with Crippen LogP contribution in [0.2, 0.25) is 0 Å². The predicted molar refractivity (Wildman–Crippen MR) is 89.7 cm³/mol. The molecule has 6 heteroatoms. The monoisotopic (exact) mass is 342 g/mol. The van der Waals surface area contributed by atoms with Gasteiger partial charge < -0.3 is 18.9 Å². The molecule has 0 saturated carbocycles. The summed E-state index contributed by atoms with van der Waals surface area (Å²) in [5, 5.41) is 0. The number of ketones is 1. The molecule has 1 heterocycles. The number of hydrogen-bond donors (Lipinski definition) is 0. The van der Waals surface area contributed by atoms with E-state index in [0.717, 1.165) is 0 Å². The Bertz CT molecular complexity index is 766. The van der Waals surface area contributed by atoms with Gasteiger partial charge in [-0.15, -0.1) is 0 Å². The van der Waals surface area contributed by atoms with Crippen molar-refractivity contribution in [1.29, 1.82) is 0 Å². The van der Waals surface area contributed by atoms with E-state index < -0.39 is 5.97 Å². The molecular weight excluding hydrogens is 324 g/mol. The van der Waals surface area contributed by atoms with E-state index in [1.165, 1.54) is 0 Å². The Morgan fingerprint density at radius 2 is 1.64 bits per heavy atom. The molecule has 0 bridgehead atoms. The lowest BCUT2D eigenvalue weighted by Gasteiger charge is -2.18. The molecule has 0 unspecified atom stereocenters. The van der Waals surface area contributed by atoms with Gasteiger partial charge in [-0.25, -0.2) is 4.79 Å². The van der Waals surface area contributed by atoms with E-state index in [1.807, 2.05) is 6.92 Å². The quantitative estimate of drug-likeness (QED) is 0.594. The van der Waals surface area contributed by atoms with Crippen molar-refractivity contribution in [2.75, 3.05) is 26.4 Å². The van der Waals surface area contributed by atoms with Crippen LogP contribution in [-0.4, -0.2) is 38.2 Å². The molecule has 0 radical (unpaired) electrons. The van der Waals surface area contributed by atoms with Crippen molar-refractivity contribution in [3.8, 4) is 17.2 Å². The fraction of sp³-hybridized carbons (Fsp3) is 0.263. The van der Waals surface area contributed by atoms with Crippen LogP contribution in [0.3, 0.4) is 0 Å². The molecule has 0 N–H and O–H groups in total. The zero-order valence-electron chi connectivity index (χ0n) is 13.8. The molecule has 0 fully saturated rings. The van der Waals surface area contributed by atoms with Crippen LogP contribution in [0, 0.1) is 0 Å². The highest BCUT2D eigenvalue weighted by molar-refractivity contribution is 5.99. The molecule has 0 amide bonds. The van der Waals surface area contributed by atoms with Crippen LogP contribution in [0.4, 0.5) is 0 Å². The number of Topliss-reactive ketones (excluding diaryl/α,β-unsaturated/α-hetero) is 1.